The number of anilines is 1. The van der Waals surface area contributed by atoms with E-state index in [1.165, 1.54) is 0 Å². The average Bonchev–Trinajstić information content (AvgIpc) is 2.39. The lowest BCUT2D eigenvalue weighted by Crippen LogP contribution is -2.36. The van der Waals surface area contributed by atoms with Gasteiger partial charge in [-0.15, -0.1) is 0 Å². The lowest BCUT2D eigenvalue weighted by Gasteiger charge is -2.33. The summed E-state index contributed by atoms with van der Waals surface area (Å²) in [5, 5.41) is 0. The van der Waals surface area contributed by atoms with Crippen molar-refractivity contribution in [1.29, 1.82) is 0 Å². The standard InChI is InChI=1S/C14H19N3O2/c1-10-6-12(9-18)8-16-14(10)17-4-2-11(3-5-17)7-13(15)19/h6,8-9,11H,2-5,7H2,1H3,(H2,15,19). The molecule has 1 aromatic rings. The second-order valence-electron chi connectivity index (χ2n) is 5.13. The number of nitrogens with zero attached hydrogens (tertiary/aromatic N) is 2. The molecule has 102 valence electrons. The number of aromatic nitrogens is 1. The Labute approximate surface area is 112 Å². The highest BCUT2D eigenvalue weighted by molar-refractivity contribution is 5.75. The summed E-state index contributed by atoms with van der Waals surface area (Å²) in [6.07, 6.45) is 4.80. The summed E-state index contributed by atoms with van der Waals surface area (Å²) in [4.78, 5) is 28.2. The van der Waals surface area contributed by atoms with E-state index in [1.54, 1.807) is 6.20 Å². The van der Waals surface area contributed by atoms with E-state index >= 15 is 0 Å². The first-order valence-electron chi connectivity index (χ1n) is 6.55. The average molecular weight is 261 g/mol. The molecule has 0 unspecified atom stereocenters. The van der Waals surface area contributed by atoms with Crippen LogP contribution in [0.3, 0.4) is 0 Å². The fraction of sp³-hybridized carbons (Fsp3) is 0.500. The Morgan fingerprint density at radius 3 is 2.74 bits per heavy atom. The molecule has 1 aliphatic rings. The number of hydrogen-bond acceptors (Lipinski definition) is 4. The minimum Gasteiger partial charge on any atom is -0.370 e. The first-order valence-corrected chi connectivity index (χ1v) is 6.55. The summed E-state index contributed by atoms with van der Waals surface area (Å²) in [5.41, 5.74) is 6.84. The number of hydrogen-bond donors (Lipinski definition) is 1. The Bertz CT molecular complexity index is 480. The topological polar surface area (TPSA) is 76.3 Å². The van der Waals surface area contributed by atoms with E-state index in [-0.39, 0.29) is 5.91 Å². The van der Waals surface area contributed by atoms with Crippen LogP contribution in [0.15, 0.2) is 12.3 Å². The molecule has 1 saturated heterocycles. The molecule has 0 aromatic carbocycles. The monoisotopic (exact) mass is 261 g/mol. The van der Waals surface area contributed by atoms with Crippen molar-refractivity contribution in [3.63, 3.8) is 0 Å². The van der Waals surface area contributed by atoms with E-state index in [0.29, 0.717) is 17.9 Å². The van der Waals surface area contributed by atoms with Gasteiger partial charge in [0.15, 0.2) is 6.29 Å². The molecule has 2 heterocycles. The lowest BCUT2D eigenvalue weighted by molar-refractivity contribution is -0.119. The van der Waals surface area contributed by atoms with Gasteiger partial charge in [0.2, 0.25) is 5.91 Å². The van der Waals surface area contributed by atoms with Crippen LogP contribution in [-0.4, -0.2) is 30.3 Å². The van der Waals surface area contributed by atoms with Crippen LogP contribution in [-0.2, 0) is 4.79 Å². The number of rotatable bonds is 4. The largest absolute Gasteiger partial charge is 0.370 e. The summed E-state index contributed by atoms with van der Waals surface area (Å²) < 4.78 is 0. The zero-order valence-corrected chi connectivity index (χ0v) is 11.1. The number of carbonyl (C=O) groups is 2. The van der Waals surface area contributed by atoms with Crippen LogP contribution in [0.4, 0.5) is 5.82 Å². The maximum atomic E-state index is 10.9. The van der Waals surface area contributed by atoms with E-state index in [1.807, 2.05) is 13.0 Å². The van der Waals surface area contributed by atoms with Crippen molar-refractivity contribution in [2.45, 2.75) is 26.2 Å². The second kappa shape index (κ2) is 5.82. The highest BCUT2D eigenvalue weighted by atomic mass is 16.1. The summed E-state index contributed by atoms with van der Waals surface area (Å²) in [6, 6.07) is 1.85. The Hall–Kier alpha value is -1.91. The number of piperidine rings is 1. The van der Waals surface area contributed by atoms with Gasteiger partial charge in [-0.05, 0) is 37.3 Å². The van der Waals surface area contributed by atoms with Gasteiger partial charge in [0.05, 0.1) is 0 Å². The molecule has 5 heteroatoms. The Kier molecular flexibility index (Phi) is 4.14. The van der Waals surface area contributed by atoms with Gasteiger partial charge < -0.3 is 10.6 Å². The van der Waals surface area contributed by atoms with Gasteiger partial charge in [-0.25, -0.2) is 4.98 Å². The van der Waals surface area contributed by atoms with Crippen LogP contribution in [0, 0.1) is 12.8 Å². The molecule has 2 N–H and O–H groups in total. The highest BCUT2D eigenvalue weighted by Crippen LogP contribution is 2.26. The molecule has 0 spiro atoms. The Morgan fingerprint density at radius 1 is 1.53 bits per heavy atom. The van der Waals surface area contributed by atoms with Crippen molar-refractivity contribution in [1.82, 2.24) is 4.98 Å². The predicted molar refractivity (Wildman–Crippen MR) is 73.1 cm³/mol. The lowest BCUT2D eigenvalue weighted by atomic mass is 9.93. The first-order chi connectivity index (χ1) is 9.10. The van der Waals surface area contributed by atoms with Gasteiger partial charge >= 0.3 is 0 Å². The van der Waals surface area contributed by atoms with Gasteiger partial charge in [0.25, 0.3) is 0 Å². The maximum Gasteiger partial charge on any atom is 0.217 e. The van der Waals surface area contributed by atoms with E-state index in [2.05, 4.69) is 9.88 Å². The minimum absolute atomic E-state index is 0.219. The van der Waals surface area contributed by atoms with Gasteiger partial charge in [-0.1, -0.05) is 0 Å². The third kappa shape index (κ3) is 3.30. The quantitative estimate of drug-likeness (QED) is 0.829. The van der Waals surface area contributed by atoms with E-state index in [9.17, 15) is 9.59 Å². The smallest absolute Gasteiger partial charge is 0.217 e. The van der Waals surface area contributed by atoms with Crippen molar-refractivity contribution >= 4 is 18.0 Å². The number of aldehydes is 1. The van der Waals surface area contributed by atoms with Crippen LogP contribution in [0.1, 0.15) is 35.2 Å². The highest BCUT2D eigenvalue weighted by Gasteiger charge is 2.22. The molecule has 1 aromatic heterocycles. The molecule has 1 aliphatic heterocycles. The van der Waals surface area contributed by atoms with Crippen molar-refractivity contribution in [2.24, 2.45) is 11.7 Å². The van der Waals surface area contributed by atoms with Crippen LogP contribution >= 0.6 is 0 Å². The van der Waals surface area contributed by atoms with Crippen molar-refractivity contribution in [2.75, 3.05) is 18.0 Å². The zero-order valence-electron chi connectivity index (χ0n) is 11.1. The Balaban J connectivity index is 2.01. The number of aryl methyl sites for hydroxylation is 1. The van der Waals surface area contributed by atoms with Crippen molar-refractivity contribution in [3.05, 3.63) is 23.4 Å². The summed E-state index contributed by atoms with van der Waals surface area (Å²) in [7, 11) is 0. The molecule has 0 saturated carbocycles. The van der Waals surface area contributed by atoms with Crippen molar-refractivity contribution < 1.29 is 9.59 Å². The predicted octanol–water partition coefficient (Wildman–Crippen LogP) is 1.29. The van der Waals surface area contributed by atoms with Crippen LogP contribution in [0.25, 0.3) is 0 Å². The molecular weight excluding hydrogens is 242 g/mol. The Morgan fingerprint density at radius 2 is 2.21 bits per heavy atom. The van der Waals surface area contributed by atoms with Gasteiger partial charge in [0, 0.05) is 31.3 Å². The third-order valence-corrected chi connectivity index (χ3v) is 3.61. The number of carbonyl (C=O) groups excluding carboxylic acids is 2. The van der Waals surface area contributed by atoms with Crippen LogP contribution in [0.5, 0.6) is 0 Å². The first kappa shape index (κ1) is 13.5. The number of nitrogens with two attached hydrogens (primary N) is 1. The fourth-order valence-corrected chi connectivity index (χ4v) is 2.62. The molecular formula is C14H19N3O2. The van der Waals surface area contributed by atoms with Crippen molar-refractivity contribution in [3.8, 4) is 0 Å². The van der Waals surface area contributed by atoms with Crippen LogP contribution in [0.2, 0.25) is 0 Å². The molecule has 0 radical (unpaired) electrons. The summed E-state index contributed by atoms with van der Waals surface area (Å²) in [5.74, 6) is 1.11. The number of pyridine rings is 1. The molecule has 0 atom stereocenters. The molecule has 2 rings (SSSR count). The molecule has 1 amide bonds. The maximum absolute atomic E-state index is 10.9. The molecule has 5 nitrogen and oxygen atoms in total. The van der Waals surface area contributed by atoms with Gasteiger partial charge in [-0.2, -0.15) is 0 Å². The zero-order chi connectivity index (χ0) is 13.8. The minimum atomic E-state index is -0.219. The normalized spacial score (nSPS) is 16.4. The van der Waals surface area contributed by atoms with E-state index < -0.39 is 0 Å². The summed E-state index contributed by atoms with van der Waals surface area (Å²) in [6.45, 7) is 3.73. The SMILES string of the molecule is Cc1cc(C=O)cnc1N1CCC(CC(N)=O)CC1. The molecule has 1 fully saturated rings. The molecule has 19 heavy (non-hydrogen) atoms. The number of amides is 1. The molecule has 0 bridgehead atoms. The van der Waals surface area contributed by atoms with E-state index in [0.717, 1.165) is 43.6 Å². The van der Waals surface area contributed by atoms with Gasteiger partial charge in [-0.3, -0.25) is 9.59 Å². The van der Waals surface area contributed by atoms with Gasteiger partial charge in [0.1, 0.15) is 5.82 Å². The van der Waals surface area contributed by atoms with E-state index in [4.69, 9.17) is 5.73 Å². The fourth-order valence-electron chi connectivity index (χ4n) is 2.62. The summed E-state index contributed by atoms with van der Waals surface area (Å²) >= 11 is 0. The molecule has 0 aliphatic carbocycles. The van der Waals surface area contributed by atoms with Crippen LogP contribution < -0.4 is 10.6 Å². The second-order valence-corrected chi connectivity index (χ2v) is 5.13. The number of primary amides is 1. The third-order valence-electron chi connectivity index (χ3n) is 3.61.